The van der Waals surface area contributed by atoms with Crippen LogP contribution in [-0.2, 0) is 0 Å². The molecular formula is C2H9B2N3. The van der Waals surface area contributed by atoms with Crippen LogP contribution in [0.4, 0.5) is 0 Å². The predicted molar refractivity (Wildman–Crippen MR) is 32.5 cm³/mol. The van der Waals surface area contributed by atoms with Crippen molar-refractivity contribution in [3.8, 4) is 0 Å². The first-order valence-corrected chi connectivity index (χ1v) is 2.15. The Bertz CT molecular complexity index is 41.9. The molecule has 0 aliphatic rings. The number of hydrogen-bond donors (Lipinski definition) is 3. The number of nitrogens with two attached hydrogens (primary N) is 2. The predicted octanol–water partition coefficient (Wildman–Crippen LogP) is -2.01. The fraction of sp³-hybridized carbons (Fsp3) is 1.00. The van der Waals surface area contributed by atoms with Crippen LogP contribution in [0.5, 0.6) is 0 Å². The molecule has 0 amide bonds. The van der Waals surface area contributed by atoms with Gasteiger partial charge in [0.05, 0.1) is 0 Å². The van der Waals surface area contributed by atoms with Crippen LogP contribution >= 0.6 is 0 Å². The zero-order valence-electron chi connectivity index (χ0n) is 4.39. The molecule has 5 N–H and O–H groups in total. The molecule has 3 nitrogen and oxygen atoms in total. The van der Waals surface area contributed by atoms with E-state index in [0.717, 1.165) is 0 Å². The van der Waals surface area contributed by atoms with Gasteiger partial charge in [0.15, 0.2) is 0 Å². The van der Waals surface area contributed by atoms with Gasteiger partial charge in [0, 0.05) is 0 Å². The first-order valence-electron chi connectivity index (χ1n) is 2.15. The van der Waals surface area contributed by atoms with Gasteiger partial charge in [-0.3, -0.25) is 0 Å². The van der Waals surface area contributed by atoms with Crippen LogP contribution in [0.1, 0.15) is 6.92 Å². The van der Waals surface area contributed by atoms with E-state index in [-0.39, 0.29) is 5.94 Å². The lowest BCUT2D eigenvalue weighted by Gasteiger charge is -2.03. The quantitative estimate of drug-likeness (QED) is 0.356. The zero-order chi connectivity index (χ0) is 5.70. The molecule has 1 unspecified atom stereocenters. The first-order chi connectivity index (χ1) is 3.31. The number of rotatable bonds is 3. The van der Waals surface area contributed by atoms with Crippen molar-refractivity contribution in [2.24, 2.45) is 11.3 Å². The van der Waals surface area contributed by atoms with Crippen molar-refractivity contribution in [1.29, 1.82) is 0 Å². The van der Waals surface area contributed by atoms with E-state index in [9.17, 15) is 0 Å². The number of hydrogen-bond acceptors (Lipinski definition) is 3. The topological polar surface area (TPSA) is 64.1 Å². The van der Waals surface area contributed by atoms with Crippen LogP contribution in [0, 0.1) is 0 Å². The SMILES string of the molecule is CC([B]N)N[B]N. The normalized spacial score (nSPS) is 13.0. The van der Waals surface area contributed by atoms with Crippen molar-refractivity contribution in [2.45, 2.75) is 12.9 Å². The molecule has 38 valence electrons. The molecule has 0 rings (SSSR count). The van der Waals surface area contributed by atoms with E-state index in [2.05, 4.69) is 5.23 Å². The van der Waals surface area contributed by atoms with Crippen molar-refractivity contribution in [3.63, 3.8) is 0 Å². The van der Waals surface area contributed by atoms with Crippen molar-refractivity contribution >= 4 is 15.0 Å². The van der Waals surface area contributed by atoms with Gasteiger partial charge in [-0.05, 0) is 5.94 Å². The van der Waals surface area contributed by atoms with Gasteiger partial charge < -0.3 is 16.5 Å². The number of nitrogens with one attached hydrogen (secondary N) is 1. The summed E-state index contributed by atoms with van der Waals surface area (Å²) in [6.45, 7) is 1.91. The van der Waals surface area contributed by atoms with Gasteiger partial charge in [0.1, 0.15) is 0 Å². The molecule has 7 heavy (non-hydrogen) atoms. The van der Waals surface area contributed by atoms with Crippen molar-refractivity contribution in [3.05, 3.63) is 0 Å². The van der Waals surface area contributed by atoms with Crippen molar-refractivity contribution < 1.29 is 0 Å². The lowest BCUT2D eigenvalue weighted by molar-refractivity contribution is 0.898. The molecule has 0 bridgehead atoms. The van der Waals surface area contributed by atoms with Crippen molar-refractivity contribution in [1.82, 2.24) is 5.23 Å². The zero-order valence-corrected chi connectivity index (χ0v) is 4.39. The Morgan fingerprint density at radius 2 is 2.14 bits per heavy atom. The molecule has 2 radical (unpaired) electrons. The monoisotopic (exact) mass is 97.1 g/mol. The second-order valence-corrected chi connectivity index (χ2v) is 1.31. The highest BCUT2D eigenvalue weighted by molar-refractivity contribution is 6.37. The molecule has 0 fully saturated rings. The Kier molecular flexibility index (Phi) is 4.18. The molecule has 5 heteroatoms. The van der Waals surface area contributed by atoms with E-state index in [1.165, 1.54) is 15.0 Å². The molecule has 0 aliphatic carbocycles. The van der Waals surface area contributed by atoms with Gasteiger partial charge in [-0.1, -0.05) is 6.92 Å². The molecule has 0 aromatic rings. The molecule has 0 heterocycles. The minimum Gasteiger partial charge on any atom is -0.373 e. The summed E-state index contributed by atoms with van der Waals surface area (Å²) in [6, 6.07) is 0. The van der Waals surface area contributed by atoms with Gasteiger partial charge >= 0.3 is 7.55 Å². The summed E-state index contributed by atoms with van der Waals surface area (Å²) >= 11 is 0. The van der Waals surface area contributed by atoms with E-state index in [1.807, 2.05) is 6.92 Å². The maximum atomic E-state index is 5.10. The second kappa shape index (κ2) is 4.18. The summed E-state index contributed by atoms with van der Waals surface area (Å²) in [5.41, 5.74) is 10.1. The summed E-state index contributed by atoms with van der Waals surface area (Å²) < 4.78 is 0. The molecular weight excluding hydrogens is 87.7 g/mol. The maximum Gasteiger partial charge on any atom is 0.303 e. The largest absolute Gasteiger partial charge is 0.373 e. The van der Waals surface area contributed by atoms with Gasteiger partial charge in [-0.25, -0.2) is 0 Å². The lowest BCUT2D eigenvalue weighted by atomic mass is 9.84. The highest BCUT2D eigenvalue weighted by Crippen LogP contribution is 1.64. The average Bonchev–Trinajstić information content (AvgIpc) is 1.68. The van der Waals surface area contributed by atoms with E-state index in [0.29, 0.717) is 0 Å². The van der Waals surface area contributed by atoms with Crippen molar-refractivity contribution in [2.75, 3.05) is 0 Å². The summed E-state index contributed by atoms with van der Waals surface area (Å²) in [6.07, 6.45) is 0. The standard InChI is InChI=1S/C2H9B2N3/c1-2(3-5)7-4-6/h2,7H,5-6H2,1H3. The summed E-state index contributed by atoms with van der Waals surface area (Å²) in [5.74, 6) is 0.171. The summed E-state index contributed by atoms with van der Waals surface area (Å²) in [5, 5.41) is 2.77. The van der Waals surface area contributed by atoms with E-state index in [1.54, 1.807) is 0 Å². The van der Waals surface area contributed by atoms with Crippen LogP contribution < -0.4 is 16.5 Å². The third-order valence-corrected chi connectivity index (χ3v) is 0.648. The van der Waals surface area contributed by atoms with E-state index < -0.39 is 0 Å². The maximum absolute atomic E-state index is 5.10. The third kappa shape index (κ3) is 3.85. The molecule has 0 aliphatic heterocycles. The highest BCUT2D eigenvalue weighted by Gasteiger charge is 1.95. The van der Waals surface area contributed by atoms with Gasteiger partial charge in [0.25, 0.3) is 0 Å². The van der Waals surface area contributed by atoms with E-state index in [4.69, 9.17) is 11.3 Å². The van der Waals surface area contributed by atoms with Gasteiger partial charge in [0.2, 0.25) is 7.41 Å². The Balaban J connectivity index is 2.83. The molecule has 0 aromatic carbocycles. The minimum atomic E-state index is 0.171. The van der Waals surface area contributed by atoms with Crippen LogP contribution in [-0.4, -0.2) is 20.9 Å². The van der Waals surface area contributed by atoms with Crippen LogP contribution in [0.3, 0.4) is 0 Å². The lowest BCUT2D eigenvalue weighted by Crippen LogP contribution is -2.41. The van der Waals surface area contributed by atoms with Crippen LogP contribution in [0.25, 0.3) is 0 Å². The Morgan fingerprint density at radius 3 is 2.29 bits per heavy atom. The fourth-order valence-electron chi connectivity index (χ4n) is 0.207. The Morgan fingerprint density at radius 1 is 1.57 bits per heavy atom. The molecule has 0 spiro atoms. The van der Waals surface area contributed by atoms with Crippen LogP contribution in [0.15, 0.2) is 0 Å². The average molecular weight is 96.7 g/mol. The Labute approximate surface area is 45.4 Å². The summed E-state index contributed by atoms with van der Waals surface area (Å²) in [4.78, 5) is 0. The molecule has 0 saturated heterocycles. The third-order valence-electron chi connectivity index (χ3n) is 0.648. The fourth-order valence-corrected chi connectivity index (χ4v) is 0.207. The molecule has 1 atom stereocenters. The second-order valence-electron chi connectivity index (χ2n) is 1.31. The minimum absolute atomic E-state index is 0.171. The first kappa shape index (κ1) is 7.01. The van der Waals surface area contributed by atoms with Gasteiger partial charge in [-0.2, -0.15) is 0 Å². The highest BCUT2D eigenvalue weighted by atomic mass is 14.8. The summed E-state index contributed by atoms with van der Waals surface area (Å²) in [7, 11) is 2.90. The smallest absolute Gasteiger partial charge is 0.303 e. The van der Waals surface area contributed by atoms with Gasteiger partial charge in [-0.15, -0.1) is 0 Å². The molecule has 0 aromatic heterocycles. The molecule has 0 saturated carbocycles. The van der Waals surface area contributed by atoms with E-state index >= 15 is 0 Å². The van der Waals surface area contributed by atoms with Crippen LogP contribution in [0.2, 0.25) is 0 Å². The Hall–Kier alpha value is 0.00987.